The van der Waals surface area contributed by atoms with Crippen molar-refractivity contribution >= 4 is 24.4 Å². The molecule has 0 saturated heterocycles. The molecule has 1 atom stereocenters. The molecule has 0 aliphatic carbocycles. The number of hydrogen-bond donors (Lipinski definition) is 1. The second-order valence-corrected chi connectivity index (χ2v) is 12.2. The molecule has 0 bridgehead atoms. The molecular formula is C31H66S2. The molecule has 1 unspecified atom stereocenters. The average Bonchev–Trinajstić information content (AvgIpc) is 2.82. The second-order valence-electron chi connectivity index (χ2n) is 10.2. The molecule has 0 aromatic carbocycles. The van der Waals surface area contributed by atoms with Crippen LogP contribution >= 0.6 is 24.4 Å². The third-order valence-corrected chi connectivity index (χ3v) is 8.24. The van der Waals surface area contributed by atoms with Gasteiger partial charge in [0, 0.05) is 5.25 Å². The van der Waals surface area contributed by atoms with Crippen molar-refractivity contribution < 1.29 is 0 Å². The van der Waals surface area contributed by atoms with Crippen LogP contribution in [0.5, 0.6) is 0 Å². The van der Waals surface area contributed by atoms with Gasteiger partial charge in [0.1, 0.15) is 0 Å². The Bertz CT molecular complexity index is 291. The van der Waals surface area contributed by atoms with E-state index in [4.69, 9.17) is 12.6 Å². The van der Waals surface area contributed by atoms with Crippen molar-refractivity contribution in [2.75, 3.05) is 11.5 Å². The molecule has 0 spiro atoms. The third-order valence-electron chi connectivity index (χ3n) is 6.57. The third kappa shape index (κ3) is 37.4. The summed E-state index contributed by atoms with van der Waals surface area (Å²) >= 11 is 6.86. The molecule has 0 amide bonds. The lowest BCUT2D eigenvalue weighted by Gasteiger charge is -2.10. The molecule has 0 aliphatic heterocycles. The molecule has 0 rings (SSSR count). The fourth-order valence-corrected chi connectivity index (χ4v) is 5.57. The Morgan fingerprint density at radius 3 is 1.09 bits per heavy atom. The summed E-state index contributed by atoms with van der Waals surface area (Å²) in [5.41, 5.74) is 0. The molecule has 0 fully saturated rings. The summed E-state index contributed by atoms with van der Waals surface area (Å²) in [4.78, 5) is 0. The summed E-state index contributed by atoms with van der Waals surface area (Å²) in [6, 6.07) is 0. The number of thioether (sulfide) groups is 1. The molecule has 0 heterocycles. The summed E-state index contributed by atoms with van der Waals surface area (Å²) in [5.74, 6) is 2.79. The highest BCUT2D eigenvalue weighted by Gasteiger charge is 2.02. The van der Waals surface area contributed by atoms with Crippen molar-refractivity contribution in [2.45, 2.75) is 187 Å². The second kappa shape index (κ2) is 34.9. The first-order chi connectivity index (χ1) is 16.2. The molecular weight excluding hydrogens is 436 g/mol. The summed E-state index contributed by atoms with van der Waals surface area (Å²) in [6.45, 7) is 9.12. The van der Waals surface area contributed by atoms with Crippen LogP contribution in [0.4, 0.5) is 0 Å². The minimum atomic E-state index is 0.669. The van der Waals surface area contributed by atoms with Crippen molar-refractivity contribution in [3.63, 3.8) is 0 Å². The van der Waals surface area contributed by atoms with Crippen LogP contribution in [0, 0.1) is 0 Å². The average molecular weight is 503 g/mol. The maximum Gasteiger partial charge on any atom is 0.00168 e. The SMILES string of the molecule is CCCCCCCCCC(S)CCCCCC.CCCCCCCCCCSCCCCC. The smallest absolute Gasteiger partial charge is 0.00168 e. The minimum absolute atomic E-state index is 0.669. The molecule has 0 N–H and O–H groups in total. The summed E-state index contributed by atoms with van der Waals surface area (Å²) in [5, 5.41) is 0.669. The lowest BCUT2D eigenvalue weighted by Crippen LogP contribution is -1.98. The van der Waals surface area contributed by atoms with Gasteiger partial charge in [-0.3, -0.25) is 0 Å². The van der Waals surface area contributed by atoms with Gasteiger partial charge < -0.3 is 0 Å². The maximum absolute atomic E-state index is 4.69. The molecule has 2 heteroatoms. The summed E-state index contributed by atoms with van der Waals surface area (Å²) in [6.07, 6.45) is 33.9. The molecule has 0 nitrogen and oxygen atoms in total. The molecule has 0 saturated carbocycles. The van der Waals surface area contributed by atoms with Crippen molar-refractivity contribution in [2.24, 2.45) is 0 Å². The fraction of sp³-hybridized carbons (Fsp3) is 1.00. The van der Waals surface area contributed by atoms with Crippen molar-refractivity contribution in [1.29, 1.82) is 0 Å². The van der Waals surface area contributed by atoms with Gasteiger partial charge in [0.2, 0.25) is 0 Å². The number of rotatable bonds is 26. The topological polar surface area (TPSA) is 0 Å². The highest BCUT2D eigenvalue weighted by atomic mass is 32.2. The molecule has 0 aromatic heterocycles. The van der Waals surface area contributed by atoms with Gasteiger partial charge >= 0.3 is 0 Å². The first kappa shape index (κ1) is 35.9. The zero-order chi connectivity index (χ0) is 24.7. The zero-order valence-electron chi connectivity index (χ0n) is 23.8. The first-order valence-electron chi connectivity index (χ1n) is 15.5. The van der Waals surface area contributed by atoms with Gasteiger partial charge in [0.15, 0.2) is 0 Å². The van der Waals surface area contributed by atoms with E-state index >= 15 is 0 Å². The number of hydrogen-bond acceptors (Lipinski definition) is 2. The molecule has 202 valence electrons. The van der Waals surface area contributed by atoms with E-state index in [-0.39, 0.29) is 0 Å². The number of unbranched alkanes of at least 4 members (excludes halogenated alkanes) is 18. The van der Waals surface area contributed by atoms with Crippen LogP contribution < -0.4 is 0 Å². The van der Waals surface area contributed by atoms with Crippen LogP contribution in [0.3, 0.4) is 0 Å². The Morgan fingerprint density at radius 1 is 0.394 bits per heavy atom. The zero-order valence-corrected chi connectivity index (χ0v) is 25.5. The van der Waals surface area contributed by atoms with Gasteiger partial charge in [-0.05, 0) is 37.2 Å². The van der Waals surface area contributed by atoms with Crippen LogP contribution in [0.1, 0.15) is 182 Å². The highest BCUT2D eigenvalue weighted by molar-refractivity contribution is 7.99. The van der Waals surface area contributed by atoms with E-state index in [0.29, 0.717) is 5.25 Å². The van der Waals surface area contributed by atoms with E-state index in [1.807, 2.05) is 0 Å². The van der Waals surface area contributed by atoms with E-state index in [1.54, 1.807) is 0 Å². The molecule has 0 aliphatic rings. The minimum Gasteiger partial charge on any atom is -0.176 e. The normalized spacial score (nSPS) is 11.9. The van der Waals surface area contributed by atoms with Crippen molar-refractivity contribution in [1.82, 2.24) is 0 Å². The van der Waals surface area contributed by atoms with Crippen LogP contribution in [0.25, 0.3) is 0 Å². The number of thiol groups is 1. The lowest BCUT2D eigenvalue weighted by molar-refractivity contribution is 0.547. The van der Waals surface area contributed by atoms with Crippen LogP contribution in [-0.2, 0) is 0 Å². The van der Waals surface area contributed by atoms with E-state index in [0.717, 1.165) is 0 Å². The van der Waals surface area contributed by atoms with Gasteiger partial charge in [0.25, 0.3) is 0 Å². The van der Waals surface area contributed by atoms with Crippen LogP contribution in [0.15, 0.2) is 0 Å². The Morgan fingerprint density at radius 2 is 0.667 bits per heavy atom. The van der Waals surface area contributed by atoms with E-state index in [9.17, 15) is 0 Å². The van der Waals surface area contributed by atoms with E-state index in [2.05, 4.69) is 39.5 Å². The van der Waals surface area contributed by atoms with Crippen LogP contribution in [-0.4, -0.2) is 16.8 Å². The molecule has 33 heavy (non-hydrogen) atoms. The largest absolute Gasteiger partial charge is 0.176 e. The van der Waals surface area contributed by atoms with E-state index in [1.165, 1.54) is 166 Å². The molecule has 0 aromatic rings. The van der Waals surface area contributed by atoms with Gasteiger partial charge in [-0.15, -0.1) is 0 Å². The van der Waals surface area contributed by atoms with Crippen LogP contribution in [0.2, 0.25) is 0 Å². The van der Waals surface area contributed by atoms with Gasteiger partial charge in [0.05, 0.1) is 0 Å². The quantitative estimate of drug-likeness (QED) is 0.0906. The lowest BCUT2D eigenvalue weighted by atomic mass is 10.0. The van der Waals surface area contributed by atoms with Crippen molar-refractivity contribution in [3.8, 4) is 0 Å². The van der Waals surface area contributed by atoms with Gasteiger partial charge in [-0.2, -0.15) is 24.4 Å². The predicted molar refractivity (Wildman–Crippen MR) is 164 cm³/mol. The Balaban J connectivity index is 0. The fourth-order valence-electron chi connectivity index (χ4n) is 4.18. The standard InChI is InChI=1S/C16H34S.C15H32S/c1-3-5-7-9-10-11-13-15-16(17)14-12-8-6-4-2;1-3-5-7-8-9-10-11-13-15-16-14-12-6-4-2/h16-17H,3-15H2,1-2H3;3-15H2,1-2H3. The monoisotopic (exact) mass is 502 g/mol. The molecule has 0 radical (unpaired) electrons. The van der Waals surface area contributed by atoms with Crippen molar-refractivity contribution in [3.05, 3.63) is 0 Å². The first-order valence-corrected chi connectivity index (χ1v) is 17.2. The predicted octanol–water partition coefficient (Wildman–Crippen LogP) is 12.4. The summed E-state index contributed by atoms with van der Waals surface area (Å²) < 4.78 is 0. The Hall–Kier alpha value is 0.700. The Labute approximate surface area is 222 Å². The maximum atomic E-state index is 4.69. The van der Waals surface area contributed by atoms with Gasteiger partial charge in [-0.1, -0.05) is 156 Å². The Kier molecular flexibility index (Phi) is 37.9. The van der Waals surface area contributed by atoms with E-state index < -0.39 is 0 Å². The highest BCUT2D eigenvalue weighted by Crippen LogP contribution is 2.17. The van der Waals surface area contributed by atoms with Gasteiger partial charge in [-0.25, -0.2) is 0 Å². The summed E-state index contributed by atoms with van der Waals surface area (Å²) in [7, 11) is 0.